The van der Waals surface area contributed by atoms with E-state index < -0.39 is 0 Å². The van der Waals surface area contributed by atoms with Gasteiger partial charge in [-0.1, -0.05) is 12.1 Å². The molecule has 0 saturated heterocycles. The lowest BCUT2D eigenvalue weighted by Crippen LogP contribution is -2.20. The van der Waals surface area contributed by atoms with Crippen LogP contribution in [0.15, 0.2) is 46.0 Å². The van der Waals surface area contributed by atoms with Crippen molar-refractivity contribution in [3.8, 4) is 17.2 Å². The molecule has 2 aromatic rings. The van der Waals surface area contributed by atoms with Crippen molar-refractivity contribution in [1.82, 2.24) is 5.43 Å². The Morgan fingerprint density at radius 3 is 2.50 bits per heavy atom. The Hall–Kier alpha value is -3.07. The molecule has 0 aliphatic carbocycles. The number of hydrazone groups is 1. The van der Waals surface area contributed by atoms with Gasteiger partial charge in [0.05, 0.1) is 37.2 Å². The van der Waals surface area contributed by atoms with Crippen LogP contribution in [0.3, 0.4) is 0 Å². The van der Waals surface area contributed by atoms with Gasteiger partial charge in [-0.3, -0.25) is 9.59 Å². The molecule has 0 radical (unpaired) electrons. The summed E-state index contributed by atoms with van der Waals surface area (Å²) in [7, 11) is 3.08. The van der Waals surface area contributed by atoms with E-state index in [-0.39, 0.29) is 24.7 Å². The van der Waals surface area contributed by atoms with Gasteiger partial charge in [-0.05, 0) is 52.7 Å². The molecular weight excluding hydrogens is 454 g/mol. The summed E-state index contributed by atoms with van der Waals surface area (Å²) in [6.07, 6.45) is 1.50. The number of ether oxygens (including phenoxy) is 3. The molecule has 2 amide bonds. The SMILES string of the molecule is CCOc1cc(C=NNC(=O)CCC(=O)Nc2ccccc2OC)cc(Br)c1OC. The molecule has 8 nitrogen and oxygen atoms in total. The monoisotopic (exact) mass is 477 g/mol. The first kappa shape index (κ1) is 23.2. The topological polar surface area (TPSA) is 98.2 Å². The third-order valence-corrected chi connectivity index (χ3v) is 4.49. The molecule has 0 bridgehead atoms. The van der Waals surface area contributed by atoms with Gasteiger partial charge in [0.2, 0.25) is 11.8 Å². The number of anilines is 1. The predicted octanol–water partition coefficient (Wildman–Crippen LogP) is 3.73. The largest absolute Gasteiger partial charge is 0.495 e. The molecule has 2 N–H and O–H groups in total. The van der Waals surface area contributed by atoms with Crippen LogP contribution < -0.4 is 25.0 Å². The summed E-state index contributed by atoms with van der Waals surface area (Å²) >= 11 is 3.42. The number of hydrogen-bond donors (Lipinski definition) is 2. The number of nitrogens with one attached hydrogen (secondary N) is 2. The number of carbonyl (C=O) groups is 2. The summed E-state index contributed by atoms with van der Waals surface area (Å²) < 4.78 is 16.7. The number of halogens is 1. The van der Waals surface area contributed by atoms with Gasteiger partial charge >= 0.3 is 0 Å². The quantitative estimate of drug-likeness (QED) is 0.401. The van der Waals surface area contributed by atoms with Gasteiger partial charge in [0.25, 0.3) is 0 Å². The summed E-state index contributed by atoms with van der Waals surface area (Å²) in [4.78, 5) is 24.0. The van der Waals surface area contributed by atoms with E-state index in [1.54, 1.807) is 43.5 Å². The maximum Gasteiger partial charge on any atom is 0.240 e. The second kappa shape index (κ2) is 11.8. The maximum atomic E-state index is 12.1. The maximum absolute atomic E-state index is 12.1. The molecule has 160 valence electrons. The number of hydrogen-bond acceptors (Lipinski definition) is 6. The van der Waals surface area contributed by atoms with Crippen LogP contribution in [0.4, 0.5) is 5.69 Å². The zero-order valence-electron chi connectivity index (χ0n) is 17.0. The predicted molar refractivity (Wildman–Crippen MR) is 118 cm³/mol. The lowest BCUT2D eigenvalue weighted by Gasteiger charge is -2.11. The molecule has 30 heavy (non-hydrogen) atoms. The smallest absolute Gasteiger partial charge is 0.240 e. The molecule has 0 fully saturated rings. The molecule has 9 heteroatoms. The first-order chi connectivity index (χ1) is 14.5. The highest BCUT2D eigenvalue weighted by Gasteiger charge is 2.11. The molecule has 0 atom stereocenters. The van der Waals surface area contributed by atoms with Gasteiger partial charge in [-0.25, -0.2) is 5.43 Å². The van der Waals surface area contributed by atoms with Crippen LogP contribution in [0.1, 0.15) is 25.3 Å². The van der Waals surface area contributed by atoms with Gasteiger partial charge in [0.15, 0.2) is 11.5 Å². The molecule has 0 unspecified atom stereocenters. The summed E-state index contributed by atoms with van der Waals surface area (Å²) in [5.74, 6) is 1.03. The van der Waals surface area contributed by atoms with Crippen LogP contribution in [-0.2, 0) is 9.59 Å². The van der Waals surface area contributed by atoms with E-state index in [1.165, 1.54) is 13.3 Å². The average Bonchev–Trinajstić information content (AvgIpc) is 2.73. The number of methoxy groups -OCH3 is 2. The normalized spacial score (nSPS) is 10.5. The summed E-state index contributed by atoms with van der Waals surface area (Å²) in [6, 6.07) is 10.6. The number of para-hydroxylation sites is 2. The zero-order chi connectivity index (χ0) is 21.9. The summed E-state index contributed by atoms with van der Waals surface area (Å²) in [5, 5.41) is 6.66. The van der Waals surface area contributed by atoms with Crippen molar-refractivity contribution in [3.05, 3.63) is 46.4 Å². The van der Waals surface area contributed by atoms with E-state index in [0.29, 0.717) is 39.6 Å². The first-order valence-corrected chi connectivity index (χ1v) is 10.0. The van der Waals surface area contributed by atoms with Crippen LogP contribution in [0.25, 0.3) is 0 Å². The Balaban J connectivity index is 1.87. The minimum Gasteiger partial charge on any atom is -0.495 e. The van der Waals surface area contributed by atoms with E-state index >= 15 is 0 Å². The Labute approximate surface area is 183 Å². The van der Waals surface area contributed by atoms with Crippen molar-refractivity contribution in [1.29, 1.82) is 0 Å². The molecule has 2 rings (SSSR count). The van der Waals surface area contributed by atoms with Gasteiger partial charge in [-0.15, -0.1) is 0 Å². The minimum atomic E-state index is -0.376. The number of carbonyl (C=O) groups excluding carboxylic acids is 2. The van der Waals surface area contributed by atoms with E-state index in [1.807, 2.05) is 6.92 Å². The highest BCUT2D eigenvalue weighted by Crippen LogP contribution is 2.36. The Bertz CT molecular complexity index is 918. The molecule has 0 aromatic heterocycles. The second-order valence-corrected chi connectivity index (χ2v) is 6.86. The standard InChI is InChI=1S/C21H24BrN3O5/c1-4-30-18-12-14(11-15(22)21(18)29-3)13-23-25-20(27)10-9-19(26)24-16-7-5-6-8-17(16)28-2/h5-8,11-13H,4,9-10H2,1-3H3,(H,24,26)(H,25,27). The van der Waals surface area contributed by atoms with Crippen LogP contribution in [0.2, 0.25) is 0 Å². The van der Waals surface area contributed by atoms with Crippen LogP contribution in [-0.4, -0.2) is 38.9 Å². The Morgan fingerprint density at radius 1 is 1.07 bits per heavy atom. The minimum absolute atomic E-state index is 0.00513. The molecule has 0 aliphatic rings. The fourth-order valence-electron chi connectivity index (χ4n) is 2.55. The van der Waals surface area contributed by atoms with E-state index in [4.69, 9.17) is 14.2 Å². The number of amides is 2. The number of nitrogens with zero attached hydrogens (tertiary/aromatic N) is 1. The lowest BCUT2D eigenvalue weighted by molar-refractivity contribution is -0.124. The number of benzene rings is 2. The summed E-state index contributed by atoms with van der Waals surface area (Å²) in [5.41, 5.74) is 3.67. The van der Waals surface area contributed by atoms with Crippen molar-refractivity contribution in [2.75, 3.05) is 26.1 Å². The highest BCUT2D eigenvalue weighted by molar-refractivity contribution is 9.10. The van der Waals surface area contributed by atoms with Crippen molar-refractivity contribution in [3.63, 3.8) is 0 Å². The average molecular weight is 478 g/mol. The number of rotatable bonds is 10. The van der Waals surface area contributed by atoms with Crippen molar-refractivity contribution in [2.24, 2.45) is 5.10 Å². The van der Waals surface area contributed by atoms with Gasteiger partial charge < -0.3 is 19.5 Å². The zero-order valence-corrected chi connectivity index (χ0v) is 18.6. The van der Waals surface area contributed by atoms with Gasteiger partial charge in [0, 0.05) is 12.8 Å². The van der Waals surface area contributed by atoms with Crippen LogP contribution in [0, 0.1) is 0 Å². The van der Waals surface area contributed by atoms with E-state index in [9.17, 15) is 9.59 Å². The molecule has 0 saturated carbocycles. The van der Waals surface area contributed by atoms with Crippen molar-refractivity contribution in [2.45, 2.75) is 19.8 Å². The van der Waals surface area contributed by atoms with E-state index in [2.05, 4.69) is 31.8 Å². The molecule has 0 aliphatic heterocycles. The van der Waals surface area contributed by atoms with Crippen LogP contribution in [0.5, 0.6) is 17.2 Å². The Morgan fingerprint density at radius 2 is 1.80 bits per heavy atom. The lowest BCUT2D eigenvalue weighted by atomic mass is 10.2. The summed E-state index contributed by atoms with van der Waals surface area (Å²) in [6.45, 7) is 2.36. The van der Waals surface area contributed by atoms with Crippen molar-refractivity contribution >= 4 is 39.6 Å². The van der Waals surface area contributed by atoms with E-state index in [0.717, 1.165) is 0 Å². The van der Waals surface area contributed by atoms with Gasteiger partial charge in [-0.2, -0.15) is 5.10 Å². The first-order valence-electron chi connectivity index (χ1n) is 9.23. The molecule has 0 heterocycles. The fourth-order valence-corrected chi connectivity index (χ4v) is 3.17. The fraction of sp³-hybridized carbons (Fsp3) is 0.286. The van der Waals surface area contributed by atoms with Crippen LogP contribution >= 0.6 is 15.9 Å². The van der Waals surface area contributed by atoms with Gasteiger partial charge in [0.1, 0.15) is 5.75 Å². The molecule has 2 aromatic carbocycles. The molecule has 0 spiro atoms. The third-order valence-electron chi connectivity index (χ3n) is 3.90. The Kier molecular flexibility index (Phi) is 9.14. The molecular formula is C21H24BrN3O5. The highest BCUT2D eigenvalue weighted by atomic mass is 79.9. The van der Waals surface area contributed by atoms with Crippen molar-refractivity contribution < 1.29 is 23.8 Å². The third kappa shape index (κ3) is 6.77. The second-order valence-electron chi connectivity index (χ2n) is 6.01.